The fraction of sp³-hybridized carbons (Fsp3) is 0.938. The molecule has 0 spiro atoms. The molecular weight excluding hydrogens is 480 g/mol. The molecule has 0 aromatic rings. The first-order valence-electron chi connectivity index (χ1n) is 16.2. The highest BCUT2D eigenvalue weighted by Gasteiger charge is 2.35. The van der Waals surface area contributed by atoms with Gasteiger partial charge in [0.1, 0.15) is 0 Å². The largest absolute Gasteiger partial charge is 0.479 e. The van der Waals surface area contributed by atoms with Gasteiger partial charge >= 0.3 is 11.9 Å². The van der Waals surface area contributed by atoms with Gasteiger partial charge in [-0.1, -0.05) is 155 Å². The van der Waals surface area contributed by atoms with Crippen molar-refractivity contribution >= 4 is 11.9 Å². The number of rotatable bonds is 31. The Hall–Kier alpha value is -1.14. The Balaban J connectivity index is 3.84. The molecule has 6 heteroatoms. The lowest BCUT2D eigenvalue weighted by Gasteiger charge is -2.21. The van der Waals surface area contributed by atoms with Crippen LogP contribution in [-0.4, -0.2) is 47.6 Å². The molecule has 0 aliphatic heterocycles. The first-order chi connectivity index (χ1) is 18.5. The minimum atomic E-state index is -1.46. The summed E-state index contributed by atoms with van der Waals surface area (Å²) in [6.45, 7) is 4.98. The van der Waals surface area contributed by atoms with Crippen molar-refractivity contribution in [2.75, 3.05) is 13.2 Å². The second-order valence-electron chi connectivity index (χ2n) is 11.0. The topological polar surface area (TPSA) is 93.1 Å². The lowest BCUT2D eigenvalue weighted by atomic mass is 10.1. The third kappa shape index (κ3) is 23.9. The summed E-state index contributed by atoms with van der Waals surface area (Å²) in [5, 5.41) is 19.0. The first-order valence-corrected chi connectivity index (χ1v) is 16.2. The lowest BCUT2D eigenvalue weighted by Crippen LogP contribution is -2.44. The monoisotopic (exact) mass is 542 g/mol. The Kier molecular flexibility index (Phi) is 28.0. The molecule has 0 fully saturated rings. The van der Waals surface area contributed by atoms with E-state index >= 15 is 0 Å². The summed E-state index contributed by atoms with van der Waals surface area (Å²) in [7, 11) is 0. The van der Waals surface area contributed by atoms with E-state index in [2.05, 4.69) is 13.8 Å². The molecule has 0 radical (unpaired) electrons. The second-order valence-corrected chi connectivity index (χ2v) is 11.0. The summed E-state index contributed by atoms with van der Waals surface area (Å²) in [5.41, 5.74) is 0. The normalized spacial score (nSPS) is 13.0. The summed E-state index contributed by atoms with van der Waals surface area (Å²) in [6, 6.07) is 0. The quantitative estimate of drug-likeness (QED) is 0.0848. The summed E-state index contributed by atoms with van der Waals surface area (Å²) < 4.78 is 11.0. The van der Waals surface area contributed by atoms with Crippen LogP contribution in [-0.2, 0) is 19.1 Å². The number of carboxylic acid groups (broad SMARTS) is 2. The van der Waals surface area contributed by atoms with E-state index in [9.17, 15) is 19.8 Å². The fourth-order valence-electron chi connectivity index (χ4n) is 4.88. The van der Waals surface area contributed by atoms with Gasteiger partial charge in [-0.15, -0.1) is 0 Å². The van der Waals surface area contributed by atoms with Crippen molar-refractivity contribution in [3.63, 3.8) is 0 Å². The van der Waals surface area contributed by atoms with Crippen molar-refractivity contribution < 1.29 is 29.3 Å². The number of hydrogen-bond donors (Lipinski definition) is 2. The van der Waals surface area contributed by atoms with E-state index in [4.69, 9.17) is 9.47 Å². The van der Waals surface area contributed by atoms with Crippen molar-refractivity contribution in [2.45, 2.75) is 180 Å². The van der Waals surface area contributed by atoms with Crippen molar-refractivity contribution in [3.8, 4) is 0 Å². The molecule has 2 N–H and O–H groups in total. The number of carbonyl (C=O) groups is 2. The lowest BCUT2D eigenvalue weighted by molar-refractivity contribution is -0.176. The highest BCUT2D eigenvalue weighted by Crippen LogP contribution is 2.15. The van der Waals surface area contributed by atoms with E-state index in [1.54, 1.807) is 0 Å². The second kappa shape index (κ2) is 28.9. The van der Waals surface area contributed by atoms with Crippen LogP contribution < -0.4 is 0 Å². The molecule has 0 saturated heterocycles. The summed E-state index contributed by atoms with van der Waals surface area (Å²) in [6.07, 6.45) is 26.2. The van der Waals surface area contributed by atoms with Gasteiger partial charge in [-0.05, 0) is 12.8 Å². The van der Waals surface area contributed by atoms with Crippen LogP contribution in [0.15, 0.2) is 0 Å². The van der Waals surface area contributed by atoms with Gasteiger partial charge in [0, 0.05) is 13.2 Å². The minimum absolute atomic E-state index is 0.250. The van der Waals surface area contributed by atoms with E-state index in [1.165, 1.54) is 116 Å². The summed E-state index contributed by atoms with van der Waals surface area (Å²) >= 11 is 0. The molecule has 0 amide bonds. The predicted octanol–water partition coefficient (Wildman–Crippen LogP) is 9.33. The maximum atomic E-state index is 11.7. The Morgan fingerprint density at radius 1 is 0.421 bits per heavy atom. The Bertz CT molecular complexity index is 478. The zero-order valence-electron chi connectivity index (χ0n) is 25.1. The number of aliphatic carboxylic acids is 2. The Morgan fingerprint density at radius 3 is 0.842 bits per heavy atom. The molecule has 0 saturated carbocycles. The third-order valence-electron chi connectivity index (χ3n) is 7.35. The molecule has 0 aromatic carbocycles. The summed E-state index contributed by atoms with van der Waals surface area (Å²) in [5.74, 6) is -2.54. The molecule has 6 nitrogen and oxygen atoms in total. The zero-order valence-corrected chi connectivity index (χ0v) is 25.1. The Labute approximate surface area is 234 Å². The minimum Gasteiger partial charge on any atom is -0.479 e. The van der Waals surface area contributed by atoms with Gasteiger partial charge in [0.05, 0.1) is 0 Å². The van der Waals surface area contributed by atoms with Crippen LogP contribution in [0.4, 0.5) is 0 Å². The molecule has 226 valence electrons. The maximum Gasteiger partial charge on any atom is 0.336 e. The SMILES string of the molecule is CCCCCCCCCCCCCCO[C@@H](C(=O)O)[C@@H](OCCCCCCCCCCCCCC)C(=O)O. The maximum absolute atomic E-state index is 11.7. The zero-order chi connectivity index (χ0) is 28.1. The summed E-state index contributed by atoms with van der Waals surface area (Å²) in [4.78, 5) is 23.3. The first kappa shape index (κ1) is 36.9. The number of carboxylic acids is 2. The fourth-order valence-corrected chi connectivity index (χ4v) is 4.88. The molecule has 0 unspecified atom stereocenters. The highest BCUT2D eigenvalue weighted by molar-refractivity contribution is 5.83. The van der Waals surface area contributed by atoms with Crippen LogP contribution in [0.2, 0.25) is 0 Å². The van der Waals surface area contributed by atoms with Gasteiger partial charge in [0.2, 0.25) is 0 Å². The van der Waals surface area contributed by atoms with E-state index in [1.807, 2.05) is 0 Å². The molecular formula is C32H62O6. The molecule has 0 bridgehead atoms. The van der Waals surface area contributed by atoms with Gasteiger partial charge in [-0.25, -0.2) is 9.59 Å². The van der Waals surface area contributed by atoms with Crippen LogP contribution in [0.25, 0.3) is 0 Å². The third-order valence-corrected chi connectivity index (χ3v) is 7.35. The van der Waals surface area contributed by atoms with Gasteiger partial charge in [0.25, 0.3) is 0 Å². The van der Waals surface area contributed by atoms with Crippen LogP contribution in [0.1, 0.15) is 168 Å². The molecule has 0 aliphatic carbocycles. The number of unbranched alkanes of at least 4 members (excludes halogenated alkanes) is 22. The predicted molar refractivity (Wildman–Crippen MR) is 157 cm³/mol. The molecule has 0 rings (SSSR count). The Morgan fingerprint density at radius 2 is 0.632 bits per heavy atom. The average Bonchev–Trinajstić information content (AvgIpc) is 2.89. The van der Waals surface area contributed by atoms with E-state index in [-0.39, 0.29) is 13.2 Å². The highest BCUT2D eigenvalue weighted by atomic mass is 16.6. The molecule has 38 heavy (non-hydrogen) atoms. The van der Waals surface area contributed by atoms with Crippen LogP contribution in [0.3, 0.4) is 0 Å². The molecule has 2 atom stereocenters. The van der Waals surface area contributed by atoms with Crippen LogP contribution in [0, 0.1) is 0 Å². The van der Waals surface area contributed by atoms with Gasteiger partial charge in [-0.3, -0.25) is 0 Å². The van der Waals surface area contributed by atoms with Gasteiger partial charge < -0.3 is 19.7 Å². The van der Waals surface area contributed by atoms with Crippen molar-refractivity contribution in [1.82, 2.24) is 0 Å². The van der Waals surface area contributed by atoms with E-state index < -0.39 is 24.1 Å². The molecule has 0 aliphatic rings. The van der Waals surface area contributed by atoms with Gasteiger partial charge in [0.15, 0.2) is 12.2 Å². The standard InChI is InChI=1S/C32H62O6/c1-3-5-7-9-11-13-15-17-19-21-23-25-27-37-29(31(33)34)30(32(35)36)38-28-26-24-22-20-18-16-14-12-10-8-6-4-2/h29-30H,3-28H2,1-2H3,(H,33,34)(H,35,36)/t29-,30-/m1/s1. The van der Waals surface area contributed by atoms with Crippen molar-refractivity contribution in [3.05, 3.63) is 0 Å². The van der Waals surface area contributed by atoms with E-state index in [0.29, 0.717) is 0 Å². The van der Waals surface area contributed by atoms with Crippen LogP contribution in [0.5, 0.6) is 0 Å². The van der Waals surface area contributed by atoms with Crippen molar-refractivity contribution in [2.24, 2.45) is 0 Å². The number of hydrogen-bond acceptors (Lipinski definition) is 4. The van der Waals surface area contributed by atoms with E-state index in [0.717, 1.165) is 38.5 Å². The van der Waals surface area contributed by atoms with Crippen LogP contribution >= 0.6 is 0 Å². The van der Waals surface area contributed by atoms with Gasteiger partial charge in [-0.2, -0.15) is 0 Å². The number of ether oxygens (including phenoxy) is 2. The molecule has 0 aromatic heterocycles. The smallest absolute Gasteiger partial charge is 0.336 e. The molecule has 0 heterocycles. The van der Waals surface area contributed by atoms with Crippen molar-refractivity contribution in [1.29, 1.82) is 0 Å². The average molecular weight is 543 g/mol.